The van der Waals surface area contributed by atoms with Crippen LogP contribution in [-0.4, -0.2) is 47.4 Å². The topological polar surface area (TPSA) is 95.9 Å². The Hall–Kier alpha value is -1.44. The molecule has 2 heterocycles. The van der Waals surface area contributed by atoms with Crippen LogP contribution in [0.25, 0.3) is 0 Å². The summed E-state index contributed by atoms with van der Waals surface area (Å²) in [4.78, 5) is 23.0. The molecule has 1 unspecified atom stereocenters. The Morgan fingerprint density at radius 1 is 1.53 bits per heavy atom. The fourth-order valence-corrected chi connectivity index (χ4v) is 2.78. The molecule has 1 aromatic heterocycles. The second kappa shape index (κ2) is 5.68. The summed E-state index contributed by atoms with van der Waals surface area (Å²) in [6.45, 7) is 0.882. The van der Waals surface area contributed by atoms with Crippen molar-refractivity contribution in [3.8, 4) is 0 Å². The van der Waals surface area contributed by atoms with Gasteiger partial charge >= 0.3 is 5.97 Å². The number of carbonyl (C=O) groups is 2. The third-order valence-electron chi connectivity index (χ3n) is 3.14. The minimum absolute atomic E-state index is 0.0341. The molecule has 19 heavy (non-hydrogen) atoms. The zero-order valence-corrected chi connectivity index (χ0v) is 11.0. The Labute approximate surface area is 114 Å². The number of thiophene rings is 1. The van der Waals surface area contributed by atoms with Gasteiger partial charge in [-0.3, -0.25) is 4.79 Å². The average Bonchev–Trinajstić information content (AvgIpc) is 2.98. The van der Waals surface area contributed by atoms with Gasteiger partial charge < -0.3 is 20.3 Å². The number of carboxylic acids is 1. The Morgan fingerprint density at radius 3 is 2.84 bits per heavy atom. The van der Waals surface area contributed by atoms with E-state index >= 15 is 0 Å². The second-order valence-corrected chi connectivity index (χ2v) is 5.43. The van der Waals surface area contributed by atoms with Crippen molar-refractivity contribution in [3.05, 3.63) is 21.9 Å². The van der Waals surface area contributed by atoms with Crippen LogP contribution in [0.3, 0.4) is 0 Å². The Balaban J connectivity index is 2.08. The van der Waals surface area contributed by atoms with Crippen molar-refractivity contribution < 1.29 is 24.5 Å². The van der Waals surface area contributed by atoms with E-state index in [0.29, 0.717) is 31.6 Å². The van der Waals surface area contributed by atoms with Gasteiger partial charge in [-0.05, 0) is 18.9 Å². The molecule has 0 radical (unpaired) electrons. The molecule has 2 rings (SSSR count). The maximum absolute atomic E-state index is 12.1. The highest BCUT2D eigenvalue weighted by Gasteiger charge is 2.36. The van der Waals surface area contributed by atoms with Crippen LogP contribution in [0.4, 0.5) is 0 Å². The van der Waals surface area contributed by atoms with Gasteiger partial charge in [0.1, 0.15) is 4.88 Å². The van der Waals surface area contributed by atoms with Crippen LogP contribution in [0.15, 0.2) is 11.4 Å². The highest BCUT2D eigenvalue weighted by molar-refractivity contribution is 7.12. The number of carboxylic acid groups (broad SMARTS) is 1. The van der Waals surface area contributed by atoms with Crippen LogP contribution in [-0.2, 0) is 4.74 Å². The van der Waals surface area contributed by atoms with Crippen LogP contribution < -0.4 is 5.32 Å². The quantitative estimate of drug-likeness (QED) is 0.740. The van der Waals surface area contributed by atoms with Crippen LogP contribution in [0.1, 0.15) is 32.9 Å². The molecule has 6 nitrogen and oxygen atoms in total. The maximum Gasteiger partial charge on any atom is 0.345 e. The molecule has 0 saturated carbocycles. The summed E-state index contributed by atoms with van der Waals surface area (Å²) < 4.78 is 5.28. The molecule has 0 bridgehead atoms. The number of hydrogen-bond donors (Lipinski definition) is 3. The lowest BCUT2D eigenvalue weighted by Gasteiger charge is -2.27. The van der Waals surface area contributed by atoms with E-state index in [1.165, 1.54) is 11.4 Å². The zero-order chi connectivity index (χ0) is 13.9. The van der Waals surface area contributed by atoms with E-state index in [9.17, 15) is 9.59 Å². The van der Waals surface area contributed by atoms with Gasteiger partial charge in [0.2, 0.25) is 0 Å². The number of nitrogens with one attached hydrogen (secondary N) is 1. The second-order valence-electron chi connectivity index (χ2n) is 4.52. The van der Waals surface area contributed by atoms with E-state index in [0.717, 1.165) is 11.3 Å². The van der Waals surface area contributed by atoms with Gasteiger partial charge in [-0.1, -0.05) is 0 Å². The van der Waals surface area contributed by atoms with Gasteiger partial charge in [0.15, 0.2) is 0 Å². The molecule has 7 heteroatoms. The van der Waals surface area contributed by atoms with Crippen LogP contribution in [0.5, 0.6) is 0 Å². The summed E-state index contributed by atoms with van der Waals surface area (Å²) >= 11 is 1.02. The Kier molecular flexibility index (Phi) is 4.18. The van der Waals surface area contributed by atoms with E-state index in [4.69, 9.17) is 14.9 Å². The van der Waals surface area contributed by atoms with Gasteiger partial charge in [0, 0.05) is 18.6 Å². The SMILES string of the molecule is O=C(NC1(CCO)CCOC1)c1csc(C(=O)O)c1. The van der Waals surface area contributed by atoms with Gasteiger partial charge in [-0.2, -0.15) is 0 Å². The van der Waals surface area contributed by atoms with Crippen molar-refractivity contribution in [2.24, 2.45) is 0 Å². The molecule has 3 N–H and O–H groups in total. The van der Waals surface area contributed by atoms with Gasteiger partial charge in [0.05, 0.1) is 17.7 Å². The fourth-order valence-electron chi connectivity index (χ4n) is 2.06. The Morgan fingerprint density at radius 2 is 2.32 bits per heavy atom. The number of rotatable bonds is 5. The number of aromatic carboxylic acids is 1. The normalized spacial score (nSPS) is 22.4. The van der Waals surface area contributed by atoms with Crippen molar-refractivity contribution in [1.29, 1.82) is 0 Å². The highest BCUT2D eigenvalue weighted by Crippen LogP contribution is 2.23. The fraction of sp³-hybridized carbons (Fsp3) is 0.500. The molecular weight excluding hydrogens is 270 g/mol. The minimum atomic E-state index is -1.04. The average molecular weight is 285 g/mol. The predicted octanol–water partition coefficient (Wildman–Crippen LogP) is 0.718. The molecule has 1 aliphatic heterocycles. The zero-order valence-electron chi connectivity index (χ0n) is 10.2. The first kappa shape index (κ1) is 14.0. The minimum Gasteiger partial charge on any atom is -0.477 e. The molecule has 0 spiro atoms. The first-order valence-electron chi connectivity index (χ1n) is 5.89. The first-order valence-corrected chi connectivity index (χ1v) is 6.77. The number of carbonyl (C=O) groups excluding carboxylic acids is 1. The molecule has 1 aliphatic rings. The van der Waals surface area contributed by atoms with E-state index in [1.807, 2.05) is 0 Å². The smallest absolute Gasteiger partial charge is 0.345 e. The third-order valence-corrected chi connectivity index (χ3v) is 4.06. The predicted molar refractivity (Wildman–Crippen MR) is 68.6 cm³/mol. The van der Waals surface area contributed by atoms with Gasteiger partial charge in [0.25, 0.3) is 5.91 Å². The van der Waals surface area contributed by atoms with Crippen molar-refractivity contribution in [3.63, 3.8) is 0 Å². The molecule has 1 aromatic rings. The van der Waals surface area contributed by atoms with Gasteiger partial charge in [-0.15, -0.1) is 11.3 Å². The van der Waals surface area contributed by atoms with Crippen LogP contribution in [0, 0.1) is 0 Å². The number of ether oxygens (including phenoxy) is 1. The lowest BCUT2D eigenvalue weighted by atomic mass is 9.94. The molecular formula is C12H15NO5S. The maximum atomic E-state index is 12.1. The molecule has 1 fully saturated rings. The molecule has 0 aromatic carbocycles. The third kappa shape index (κ3) is 3.12. The van der Waals surface area contributed by atoms with Gasteiger partial charge in [-0.25, -0.2) is 4.79 Å². The summed E-state index contributed by atoms with van der Waals surface area (Å²) in [5.41, 5.74) is -0.219. The van der Waals surface area contributed by atoms with Crippen molar-refractivity contribution in [2.75, 3.05) is 19.8 Å². The molecule has 104 valence electrons. The number of aliphatic hydroxyl groups excluding tert-OH is 1. The van der Waals surface area contributed by atoms with Crippen molar-refractivity contribution >= 4 is 23.2 Å². The van der Waals surface area contributed by atoms with Crippen LogP contribution >= 0.6 is 11.3 Å². The first-order chi connectivity index (χ1) is 9.06. The monoisotopic (exact) mass is 285 g/mol. The standard InChI is InChI=1S/C12H15NO5S/c14-3-1-12(2-4-18-7-12)13-10(15)8-5-9(11(16)17)19-6-8/h5-6,14H,1-4,7H2,(H,13,15)(H,16,17). The Bertz CT molecular complexity index is 478. The summed E-state index contributed by atoms with van der Waals surface area (Å²) in [6.07, 6.45) is 1.07. The number of aliphatic hydroxyl groups is 1. The molecule has 1 atom stereocenters. The van der Waals surface area contributed by atoms with E-state index < -0.39 is 11.5 Å². The highest BCUT2D eigenvalue weighted by atomic mass is 32.1. The van der Waals surface area contributed by atoms with Crippen LogP contribution in [0.2, 0.25) is 0 Å². The van der Waals surface area contributed by atoms with Crippen molar-refractivity contribution in [1.82, 2.24) is 5.32 Å². The largest absolute Gasteiger partial charge is 0.477 e. The van der Waals surface area contributed by atoms with E-state index in [2.05, 4.69) is 5.32 Å². The van der Waals surface area contributed by atoms with E-state index in [-0.39, 0.29) is 17.4 Å². The van der Waals surface area contributed by atoms with E-state index in [1.54, 1.807) is 0 Å². The van der Waals surface area contributed by atoms with Crippen molar-refractivity contribution in [2.45, 2.75) is 18.4 Å². The lowest BCUT2D eigenvalue weighted by molar-refractivity contribution is 0.0702. The lowest BCUT2D eigenvalue weighted by Crippen LogP contribution is -2.49. The molecule has 0 aliphatic carbocycles. The summed E-state index contributed by atoms with van der Waals surface area (Å²) in [5.74, 6) is -1.37. The summed E-state index contributed by atoms with van der Waals surface area (Å²) in [5, 5.41) is 22.3. The summed E-state index contributed by atoms with van der Waals surface area (Å²) in [6, 6.07) is 1.35. The molecule has 1 saturated heterocycles. The number of hydrogen-bond acceptors (Lipinski definition) is 5. The summed E-state index contributed by atoms with van der Waals surface area (Å²) in [7, 11) is 0. The number of amides is 1. The molecule has 1 amide bonds.